The van der Waals surface area contributed by atoms with Crippen LogP contribution in [-0.2, 0) is 4.79 Å². The molecule has 2 N–H and O–H groups in total. The van der Waals surface area contributed by atoms with Crippen molar-refractivity contribution in [1.82, 2.24) is 10.2 Å². The fraction of sp³-hybridized carbons (Fsp3) is 0.667. The first-order chi connectivity index (χ1) is 7.04. The molecule has 0 aliphatic carbocycles. The van der Waals surface area contributed by atoms with Gasteiger partial charge in [0.15, 0.2) is 0 Å². The SMILES string of the molecule is CCC(CC)(Nc1nnc(C)s1)C(=O)O. The topological polar surface area (TPSA) is 75.1 Å². The Kier molecular flexibility index (Phi) is 3.62. The second-order valence-corrected chi connectivity index (χ2v) is 4.53. The Morgan fingerprint density at radius 2 is 2.07 bits per heavy atom. The zero-order valence-electron chi connectivity index (χ0n) is 9.07. The van der Waals surface area contributed by atoms with Gasteiger partial charge in [0.1, 0.15) is 10.5 Å². The zero-order valence-corrected chi connectivity index (χ0v) is 9.89. The number of rotatable bonds is 5. The van der Waals surface area contributed by atoms with E-state index in [4.69, 9.17) is 0 Å². The van der Waals surface area contributed by atoms with Crippen LogP contribution in [0, 0.1) is 6.92 Å². The van der Waals surface area contributed by atoms with Crippen molar-refractivity contribution < 1.29 is 9.90 Å². The van der Waals surface area contributed by atoms with Crippen LogP contribution in [0.2, 0.25) is 0 Å². The van der Waals surface area contributed by atoms with Crippen LogP contribution in [0.15, 0.2) is 0 Å². The maximum atomic E-state index is 11.2. The first-order valence-electron chi connectivity index (χ1n) is 4.85. The molecule has 0 radical (unpaired) electrons. The number of aliphatic carboxylic acids is 1. The molecule has 0 amide bonds. The van der Waals surface area contributed by atoms with Gasteiger partial charge in [0.2, 0.25) is 5.13 Å². The summed E-state index contributed by atoms with van der Waals surface area (Å²) in [5.41, 5.74) is -0.925. The fourth-order valence-electron chi connectivity index (χ4n) is 1.33. The van der Waals surface area contributed by atoms with Crippen LogP contribution in [0.5, 0.6) is 0 Å². The second-order valence-electron chi connectivity index (χ2n) is 3.35. The molecular formula is C9H15N3O2S. The molecule has 0 saturated heterocycles. The van der Waals surface area contributed by atoms with E-state index in [-0.39, 0.29) is 0 Å². The maximum absolute atomic E-state index is 11.2. The number of carboxylic acid groups (broad SMARTS) is 1. The van der Waals surface area contributed by atoms with Crippen molar-refractivity contribution in [2.24, 2.45) is 0 Å². The summed E-state index contributed by atoms with van der Waals surface area (Å²) < 4.78 is 0. The summed E-state index contributed by atoms with van der Waals surface area (Å²) in [6.07, 6.45) is 1.02. The Hall–Kier alpha value is -1.17. The Labute approximate surface area is 92.5 Å². The van der Waals surface area contributed by atoms with E-state index in [1.807, 2.05) is 20.8 Å². The van der Waals surface area contributed by atoms with Crippen molar-refractivity contribution in [3.63, 3.8) is 0 Å². The third-order valence-corrected chi connectivity index (χ3v) is 3.24. The van der Waals surface area contributed by atoms with Gasteiger partial charge in [-0.3, -0.25) is 0 Å². The predicted octanol–water partition coefficient (Wildman–Crippen LogP) is 1.90. The number of aromatic nitrogens is 2. The highest BCUT2D eigenvalue weighted by Crippen LogP contribution is 2.24. The van der Waals surface area contributed by atoms with E-state index in [0.717, 1.165) is 5.01 Å². The minimum absolute atomic E-state index is 0.511. The molecule has 1 aromatic rings. The van der Waals surface area contributed by atoms with Gasteiger partial charge in [-0.1, -0.05) is 25.2 Å². The number of nitrogens with one attached hydrogen (secondary N) is 1. The molecule has 0 aliphatic rings. The lowest BCUT2D eigenvalue weighted by atomic mass is 9.93. The van der Waals surface area contributed by atoms with Crippen LogP contribution in [0.3, 0.4) is 0 Å². The normalized spacial score (nSPS) is 11.4. The van der Waals surface area contributed by atoms with E-state index >= 15 is 0 Å². The third-order valence-electron chi connectivity index (χ3n) is 2.49. The van der Waals surface area contributed by atoms with Gasteiger partial charge in [-0.05, 0) is 19.8 Å². The number of aryl methyl sites for hydroxylation is 1. The molecule has 84 valence electrons. The minimum Gasteiger partial charge on any atom is -0.480 e. The van der Waals surface area contributed by atoms with Crippen LogP contribution in [0.4, 0.5) is 5.13 Å². The molecule has 0 aliphatic heterocycles. The maximum Gasteiger partial charge on any atom is 0.329 e. The second kappa shape index (κ2) is 4.57. The zero-order chi connectivity index (χ0) is 11.5. The molecule has 0 unspecified atom stereocenters. The number of anilines is 1. The molecular weight excluding hydrogens is 214 g/mol. The number of carboxylic acids is 1. The molecule has 0 spiro atoms. The molecule has 0 fully saturated rings. The summed E-state index contributed by atoms with van der Waals surface area (Å²) in [7, 11) is 0. The van der Waals surface area contributed by atoms with Crippen LogP contribution in [0.1, 0.15) is 31.7 Å². The summed E-state index contributed by atoms with van der Waals surface area (Å²) in [4.78, 5) is 11.2. The first kappa shape index (κ1) is 11.9. The van der Waals surface area contributed by atoms with Crippen molar-refractivity contribution >= 4 is 22.4 Å². The first-order valence-corrected chi connectivity index (χ1v) is 5.67. The molecule has 0 saturated carbocycles. The molecule has 1 rings (SSSR count). The Bertz CT molecular complexity index is 347. The molecule has 5 nitrogen and oxygen atoms in total. The lowest BCUT2D eigenvalue weighted by molar-refractivity contribution is -0.142. The summed E-state index contributed by atoms with van der Waals surface area (Å²) in [5, 5.41) is 21.2. The van der Waals surface area contributed by atoms with E-state index in [0.29, 0.717) is 18.0 Å². The van der Waals surface area contributed by atoms with Crippen molar-refractivity contribution in [1.29, 1.82) is 0 Å². The van der Waals surface area contributed by atoms with Crippen molar-refractivity contribution in [2.45, 2.75) is 39.2 Å². The van der Waals surface area contributed by atoms with Crippen LogP contribution >= 0.6 is 11.3 Å². The molecule has 15 heavy (non-hydrogen) atoms. The summed E-state index contributed by atoms with van der Waals surface area (Å²) in [6, 6.07) is 0. The smallest absolute Gasteiger partial charge is 0.329 e. The van der Waals surface area contributed by atoms with E-state index in [2.05, 4.69) is 15.5 Å². The van der Waals surface area contributed by atoms with Gasteiger partial charge in [-0.25, -0.2) is 4.79 Å². The summed E-state index contributed by atoms with van der Waals surface area (Å²) in [5.74, 6) is -0.847. The van der Waals surface area contributed by atoms with Crippen molar-refractivity contribution in [3.05, 3.63) is 5.01 Å². The van der Waals surface area contributed by atoms with Gasteiger partial charge in [0, 0.05) is 0 Å². The molecule has 6 heteroatoms. The van der Waals surface area contributed by atoms with Crippen LogP contribution < -0.4 is 5.32 Å². The van der Waals surface area contributed by atoms with Gasteiger partial charge in [-0.15, -0.1) is 10.2 Å². The summed E-state index contributed by atoms with van der Waals surface area (Å²) in [6.45, 7) is 5.53. The third kappa shape index (κ3) is 2.44. The number of carbonyl (C=O) groups is 1. The van der Waals surface area contributed by atoms with E-state index in [1.54, 1.807) is 0 Å². The largest absolute Gasteiger partial charge is 0.480 e. The molecule has 0 atom stereocenters. The molecule has 1 heterocycles. The molecule has 0 bridgehead atoms. The standard InChI is InChI=1S/C9H15N3O2S/c1-4-9(5-2,7(13)14)10-8-12-11-6(3)15-8/h4-5H2,1-3H3,(H,10,12)(H,13,14). The highest BCUT2D eigenvalue weighted by molar-refractivity contribution is 7.15. The highest BCUT2D eigenvalue weighted by Gasteiger charge is 2.35. The minimum atomic E-state index is -0.925. The van der Waals surface area contributed by atoms with Crippen LogP contribution in [0.25, 0.3) is 0 Å². The number of nitrogens with zero attached hydrogens (tertiary/aromatic N) is 2. The average molecular weight is 229 g/mol. The van der Waals surface area contributed by atoms with Gasteiger partial charge < -0.3 is 10.4 Å². The molecule has 0 aromatic carbocycles. The Balaban J connectivity index is 2.88. The lowest BCUT2D eigenvalue weighted by Gasteiger charge is -2.27. The van der Waals surface area contributed by atoms with Crippen molar-refractivity contribution in [2.75, 3.05) is 5.32 Å². The highest BCUT2D eigenvalue weighted by atomic mass is 32.1. The lowest BCUT2D eigenvalue weighted by Crippen LogP contribution is -2.45. The van der Waals surface area contributed by atoms with Gasteiger partial charge in [0.25, 0.3) is 0 Å². The fourth-order valence-corrected chi connectivity index (χ4v) is 2.02. The van der Waals surface area contributed by atoms with E-state index in [9.17, 15) is 9.90 Å². The number of hydrogen-bond donors (Lipinski definition) is 2. The predicted molar refractivity (Wildman–Crippen MR) is 59.2 cm³/mol. The van der Waals surface area contributed by atoms with Crippen LogP contribution in [-0.4, -0.2) is 26.8 Å². The van der Waals surface area contributed by atoms with E-state index in [1.165, 1.54) is 11.3 Å². The van der Waals surface area contributed by atoms with Gasteiger partial charge in [-0.2, -0.15) is 0 Å². The summed E-state index contributed by atoms with van der Waals surface area (Å²) >= 11 is 1.37. The number of hydrogen-bond acceptors (Lipinski definition) is 5. The Morgan fingerprint density at radius 1 is 1.47 bits per heavy atom. The Morgan fingerprint density at radius 3 is 2.40 bits per heavy atom. The van der Waals surface area contributed by atoms with Gasteiger partial charge in [0.05, 0.1) is 0 Å². The monoisotopic (exact) mass is 229 g/mol. The van der Waals surface area contributed by atoms with Crippen molar-refractivity contribution in [3.8, 4) is 0 Å². The van der Waals surface area contributed by atoms with Gasteiger partial charge >= 0.3 is 5.97 Å². The van der Waals surface area contributed by atoms with E-state index < -0.39 is 11.5 Å². The average Bonchev–Trinajstić information content (AvgIpc) is 2.60. The quantitative estimate of drug-likeness (QED) is 0.806. The molecule has 1 aromatic heterocycles.